The van der Waals surface area contributed by atoms with Crippen molar-refractivity contribution in [3.05, 3.63) is 34.6 Å². The highest BCUT2D eigenvalue weighted by molar-refractivity contribution is 6.31. The largest absolute Gasteiger partial charge is 0.394 e. The van der Waals surface area contributed by atoms with Crippen molar-refractivity contribution in [3.8, 4) is 0 Å². The summed E-state index contributed by atoms with van der Waals surface area (Å²) in [6, 6.07) is 3.83. The van der Waals surface area contributed by atoms with Gasteiger partial charge in [-0.2, -0.15) is 0 Å². The number of hydrogen-bond donors (Lipinski definition) is 2. The van der Waals surface area contributed by atoms with Crippen LogP contribution in [0.1, 0.15) is 24.2 Å². The van der Waals surface area contributed by atoms with E-state index in [-0.39, 0.29) is 23.1 Å². The van der Waals surface area contributed by atoms with Crippen LogP contribution in [0.2, 0.25) is 5.02 Å². The first kappa shape index (κ1) is 13.9. The van der Waals surface area contributed by atoms with Gasteiger partial charge in [0, 0.05) is 0 Å². The highest BCUT2D eigenvalue weighted by atomic mass is 35.5. The number of benzene rings is 1. The molecule has 1 amide bonds. The van der Waals surface area contributed by atoms with Gasteiger partial charge in [-0.3, -0.25) is 4.79 Å². The van der Waals surface area contributed by atoms with Crippen LogP contribution in [0, 0.1) is 11.7 Å². The number of carbonyl (C=O) groups is 1. The fourth-order valence-corrected chi connectivity index (χ4v) is 1.52. The van der Waals surface area contributed by atoms with Crippen LogP contribution in [-0.2, 0) is 0 Å². The van der Waals surface area contributed by atoms with Crippen LogP contribution < -0.4 is 5.32 Å². The second-order valence-corrected chi connectivity index (χ2v) is 4.52. The fourth-order valence-electron chi connectivity index (χ4n) is 1.35. The van der Waals surface area contributed by atoms with Crippen molar-refractivity contribution >= 4 is 17.5 Å². The second kappa shape index (κ2) is 5.98. The van der Waals surface area contributed by atoms with Crippen molar-refractivity contribution in [1.29, 1.82) is 0 Å². The summed E-state index contributed by atoms with van der Waals surface area (Å²) in [5.74, 6) is -1.25. The van der Waals surface area contributed by atoms with E-state index in [0.717, 1.165) is 0 Å². The minimum Gasteiger partial charge on any atom is -0.394 e. The van der Waals surface area contributed by atoms with Gasteiger partial charge >= 0.3 is 0 Å². The van der Waals surface area contributed by atoms with E-state index in [1.807, 2.05) is 13.8 Å². The number of halogens is 2. The van der Waals surface area contributed by atoms with Crippen LogP contribution in [0.5, 0.6) is 0 Å². The molecule has 0 saturated carbocycles. The third kappa shape index (κ3) is 3.41. The molecule has 0 aliphatic heterocycles. The van der Waals surface area contributed by atoms with Crippen LogP contribution in [0.3, 0.4) is 0 Å². The Labute approximate surface area is 105 Å². The molecule has 1 aromatic rings. The molecule has 0 bridgehead atoms. The van der Waals surface area contributed by atoms with Gasteiger partial charge in [0.2, 0.25) is 0 Å². The summed E-state index contributed by atoms with van der Waals surface area (Å²) in [6.07, 6.45) is 0. The molecule has 0 aliphatic carbocycles. The third-order valence-corrected chi connectivity index (χ3v) is 2.81. The van der Waals surface area contributed by atoms with Crippen molar-refractivity contribution < 1.29 is 14.3 Å². The SMILES string of the molecule is CC(C)[C@@H](CO)NC(=O)c1cccc(Cl)c1F. The summed E-state index contributed by atoms with van der Waals surface area (Å²) < 4.78 is 13.6. The molecule has 5 heteroatoms. The summed E-state index contributed by atoms with van der Waals surface area (Å²) in [5.41, 5.74) is -0.114. The molecule has 0 saturated heterocycles. The molecule has 0 unspecified atom stereocenters. The fraction of sp³-hybridized carbons (Fsp3) is 0.417. The Bertz CT molecular complexity index is 409. The lowest BCUT2D eigenvalue weighted by molar-refractivity contribution is 0.0892. The summed E-state index contributed by atoms with van der Waals surface area (Å²) in [5, 5.41) is 11.5. The first-order valence-corrected chi connectivity index (χ1v) is 5.71. The van der Waals surface area contributed by atoms with Crippen LogP contribution in [-0.4, -0.2) is 23.7 Å². The highest BCUT2D eigenvalue weighted by Crippen LogP contribution is 2.18. The number of rotatable bonds is 4. The zero-order valence-corrected chi connectivity index (χ0v) is 10.5. The van der Waals surface area contributed by atoms with Gasteiger partial charge in [-0.25, -0.2) is 4.39 Å². The molecule has 2 N–H and O–H groups in total. The zero-order chi connectivity index (χ0) is 13.0. The van der Waals surface area contributed by atoms with Gasteiger partial charge in [0.1, 0.15) is 0 Å². The number of carbonyl (C=O) groups excluding carboxylic acids is 1. The van der Waals surface area contributed by atoms with Crippen LogP contribution in [0.4, 0.5) is 4.39 Å². The van der Waals surface area contributed by atoms with E-state index < -0.39 is 17.8 Å². The summed E-state index contributed by atoms with van der Waals surface area (Å²) in [6.45, 7) is 3.52. The Hall–Kier alpha value is -1.13. The molecule has 1 rings (SSSR count). The molecule has 0 spiro atoms. The normalized spacial score (nSPS) is 12.6. The molecule has 17 heavy (non-hydrogen) atoms. The van der Waals surface area contributed by atoms with Gasteiger partial charge in [0.15, 0.2) is 5.82 Å². The van der Waals surface area contributed by atoms with E-state index in [9.17, 15) is 9.18 Å². The number of amides is 1. The molecule has 94 valence electrons. The Morgan fingerprint density at radius 3 is 2.71 bits per heavy atom. The molecule has 0 radical (unpaired) electrons. The average molecular weight is 260 g/mol. The van der Waals surface area contributed by atoms with E-state index in [2.05, 4.69) is 5.32 Å². The van der Waals surface area contributed by atoms with E-state index in [1.165, 1.54) is 18.2 Å². The van der Waals surface area contributed by atoms with Crippen LogP contribution in [0.25, 0.3) is 0 Å². The summed E-state index contributed by atoms with van der Waals surface area (Å²) in [4.78, 5) is 11.8. The standard InChI is InChI=1S/C12H15ClFNO2/c1-7(2)10(6-16)15-12(17)8-4-3-5-9(13)11(8)14/h3-5,7,10,16H,6H2,1-2H3,(H,15,17)/t10-/m1/s1. The molecule has 0 fully saturated rings. The quantitative estimate of drug-likeness (QED) is 0.871. The molecule has 3 nitrogen and oxygen atoms in total. The first-order chi connectivity index (χ1) is 7.97. The van der Waals surface area contributed by atoms with Crippen molar-refractivity contribution in [2.24, 2.45) is 5.92 Å². The van der Waals surface area contributed by atoms with Crippen molar-refractivity contribution in [3.63, 3.8) is 0 Å². The molecule has 1 aromatic carbocycles. The topological polar surface area (TPSA) is 49.3 Å². The predicted octanol–water partition coefficient (Wildman–Crippen LogP) is 2.23. The maximum atomic E-state index is 13.6. The molecule has 0 aliphatic rings. The number of aliphatic hydroxyl groups is 1. The summed E-state index contributed by atoms with van der Waals surface area (Å²) >= 11 is 5.59. The number of hydrogen-bond acceptors (Lipinski definition) is 2. The zero-order valence-electron chi connectivity index (χ0n) is 9.71. The maximum Gasteiger partial charge on any atom is 0.254 e. The summed E-state index contributed by atoms with van der Waals surface area (Å²) in [7, 11) is 0. The molecule has 1 atom stereocenters. The van der Waals surface area contributed by atoms with Crippen molar-refractivity contribution in [2.45, 2.75) is 19.9 Å². The maximum absolute atomic E-state index is 13.6. The van der Waals surface area contributed by atoms with E-state index >= 15 is 0 Å². The Balaban J connectivity index is 2.86. The smallest absolute Gasteiger partial charge is 0.254 e. The molecule has 0 aromatic heterocycles. The monoisotopic (exact) mass is 259 g/mol. The minimum absolute atomic E-state index is 0.0613. The minimum atomic E-state index is -0.743. The number of nitrogens with one attached hydrogen (secondary N) is 1. The van der Waals surface area contributed by atoms with Gasteiger partial charge in [0.05, 0.1) is 23.2 Å². The van der Waals surface area contributed by atoms with E-state index in [0.29, 0.717) is 0 Å². The van der Waals surface area contributed by atoms with Gasteiger partial charge < -0.3 is 10.4 Å². The molecule has 0 heterocycles. The Morgan fingerprint density at radius 2 is 2.18 bits per heavy atom. The van der Waals surface area contributed by atoms with Crippen LogP contribution in [0.15, 0.2) is 18.2 Å². The van der Waals surface area contributed by atoms with Gasteiger partial charge in [-0.15, -0.1) is 0 Å². The van der Waals surface area contributed by atoms with Gasteiger partial charge in [0.25, 0.3) is 5.91 Å². The highest BCUT2D eigenvalue weighted by Gasteiger charge is 2.19. The third-order valence-electron chi connectivity index (χ3n) is 2.51. The lowest BCUT2D eigenvalue weighted by atomic mass is 10.0. The van der Waals surface area contributed by atoms with Crippen molar-refractivity contribution in [1.82, 2.24) is 5.32 Å². The predicted molar refractivity (Wildman–Crippen MR) is 64.6 cm³/mol. The van der Waals surface area contributed by atoms with Gasteiger partial charge in [-0.05, 0) is 18.1 Å². The Morgan fingerprint density at radius 1 is 1.53 bits per heavy atom. The molecular formula is C12H15ClFNO2. The lowest BCUT2D eigenvalue weighted by Crippen LogP contribution is -2.41. The van der Waals surface area contributed by atoms with E-state index in [4.69, 9.17) is 16.7 Å². The van der Waals surface area contributed by atoms with Crippen molar-refractivity contribution in [2.75, 3.05) is 6.61 Å². The second-order valence-electron chi connectivity index (χ2n) is 4.11. The Kier molecular flexibility index (Phi) is 4.90. The molecular weight excluding hydrogens is 245 g/mol. The average Bonchev–Trinajstić information content (AvgIpc) is 2.28. The first-order valence-electron chi connectivity index (χ1n) is 5.33. The van der Waals surface area contributed by atoms with Crippen LogP contribution >= 0.6 is 11.6 Å². The lowest BCUT2D eigenvalue weighted by Gasteiger charge is -2.20. The number of aliphatic hydroxyl groups excluding tert-OH is 1. The van der Waals surface area contributed by atoms with Gasteiger partial charge in [-0.1, -0.05) is 31.5 Å². The van der Waals surface area contributed by atoms with E-state index in [1.54, 1.807) is 0 Å².